The van der Waals surface area contributed by atoms with Gasteiger partial charge in [0.1, 0.15) is 5.82 Å². The molecule has 1 saturated heterocycles. The summed E-state index contributed by atoms with van der Waals surface area (Å²) in [5.74, 6) is -0.227. The lowest BCUT2D eigenvalue weighted by molar-refractivity contribution is -0.149. The third-order valence-corrected chi connectivity index (χ3v) is 7.12. The van der Waals surface area contributed by atoms with Gasteiger partial charge in [-0.3, -0.25) is 9.36 Å². The van der Waals surface area contributed by atoms with Crippen LogP contribution in [0.1, 0.15) is 71.4 Å². The highest BCUT2D eigenvalue weighted by Gasteiger charge is 2.57. The van der Waals surface area contributed by atoms with Crippen LogP contribution in [0.4, 0.5) is 15.0 Å². The predicted octanol–water partition coefficient (Wildman–Crippen LogP) is 5.43. The number of aliphatic hydroxyl groups excluding tert-OH is 1. The largest absolute Gasteiger partial charge is 0.416 e. The van der Waals surface area contributed by atoms with Gasteiger partial charge in [-0.05, 0) is 57.9 Å². The van der Waals surface area contributed by atoms with E-state index in [1.165, 1.54) is 19.3 Å². The fourth-order valence-electron chi connectivity index (χ4n) is 4.37. The molecule has 1 aliphatic rings. The first-order valence-electron chi connectivity index (χ1n) is 16.0. The molecule has 2 heterocycles. The van der Waals surface area contributed by atoms with E-state index in [9.17, 15) is 19.5 Å². The summed E-state index contributed by atoms with van der Waals surface area (Å²) >= 11 is 0. The first kappa shape index (κ1) is 38.9. The average molecular weight is 656 g/mol. The summed E-state index contributed by atoms with van der Waals surface area (Å²) < 4.78 is 26.6. The van der Waals surface area contributed by atoms with Gasteiger partial charge in [0.2, 0.25) is 12.2 Å². The highest BCUT2D eigenvalue weighted by molar-refractivity contribution is 5.76. The molecule has 0 spiro atoms. The number of allylic oxidation sites excluding steroid dienone is 12. The highest BCUT2D eigenvalue weighted by atomic mass is 19.1. The number of nitrogens with zero attached hydrogens (tertiary/aromatic N) is 3. The van der Waals surface area contributed by atoms with E-state index in [2.05, 4.69) is 78.0 Å². The summed E-state index contributed by atoms with van der Waals surface area (Å²) in [6.45, 7) is 3.43. The molecule has 1 fully saturated rings. The summed E-state index contributed by atoms with van der Waals surface area (Å²) in [6.07, 6.45) is 27.2. The van der Waals surface area contributed by atoms with Gasteiger partial charge in [0, 0.05) is 32.8 Å². The summed E-state index contributed by atoms with van der Waals surface area (Å²) in [5.41, 5.74) is 2.12. The zero-order valence-electron chi connectivity index (χ0n) is 27.7. The fraction of sp³-hybridized carbons (Fsp3) is 0.486. The maximum Gasteiger partial charge on any atom is 0.411 e. The zero-order chi connectivity index (χ0) is 34.5. The van der Waals surface area contributed by atoms with Crippen LogP contribution in [0.3, 0.4) is 0 Å². The molecule has 1 aromatic rings. The molecule has 0 radical (unpaired) electrons. The van der Waals surface area contributed by atoms with Gasteiger partial charge < -0.3 is 30.5 Å². The molecule has 47 heavy (non-hydrogen) atoms. The molecule has 4 N–H and O–H groups in total. The van der Waals surface area contributed by atoms with Crippen molar-refractivity contribution in [1.82, 2.24) is 19.8 Å². The Balaban J connectivity index is 1.57. The van der Waals surface area contributed by atoms with Crippen LogP contribution < -0.4 is 16.7 Å². The Kier molecular flexibility index (Phi) is 17.8. The summed E-state index contributed by atoms with van der Waals surface area (Å²) in [7, 11) is 1.42. The molecule has 0 aromatic carbocycles. The van der Waals surface area contributed by atoms with Crippen LogP contribution in [-0.2, 0) is 14.3 Å². The van der Waals surface area contributed by atoms with Crippen molar-refractivity contribution in [2.24, 2.45) is 0 Å². The van der Waals surface area contributed by atoms with Crippen LogP contribution in [0.15, 0.2) is 90.0 Å². The smallest absolute Gasteiger partial charge is 0.411 e. The van der Waals surface area contributed by atoms with Gasteiger partial charge in [-0.15, -0.1) is 0 Å². The first-order valence-corrected chi connectivity index (χ1v) is 16.0. The number of anilines is 1. The van der Waals surface area contributed by atoms with E-state index in [0.29, 0.717) is 12.8 Å². The Labute approximate surface area is 277 Å². The van der Waals surface area contributed by atoms with Crippen LogP contribution in [0.2, 0.25) is 0 Å². The number of hydrogen-bond acceptors (Lipinski definition) is 8. The van der Waals surface area contributed by atoms with Crippen molar-refractivity contribution in [3.63, 3.8) is 0 Å². The normalized spacial score (nSPS) is 21.8. The number of amides is 2. The number of carbonyl (C=O) groups is 2. The minimum absolute atomic E-state index is 0.0595. The van der Waals surface area contributed by atoms with E-state index in [1.807, 2.05) is 12.2 Å². The van der Waals surface area contributed by atoms with Crippen molar-refractivity contribution < 1.29 is 28.6 Å². The van der Waals surface area contributed by atoms with Crippen LogP contribution in [0, 0.1) is 0 Å². The van der Waals surface area contributed by atoms with Gasteiger partial charge in [-0.1, -0.05) is 79.8 Å². The monoisotopic (exact) mass is 655 g/mol. The lowest BCUT2D eigenvalue weighted by Crippen LogP contribution is -2.44. The second-order valence-corrected chi connectivity index (χ2v) is 11.1. The number of nitrogen functional groups attached to an aromatic ring is 1. The minimum atomic E-state index is -2.47. The number of carbonyl (C=O) groups excluding carboxylic acids is 2. The van der Waals surface area contributed by atoms with Crippen LogP contribution >= 0.6 is 0 Å². The molecular weight excluding hydrogens is 605 g/mol. The van der Waals surface area contributed by atoms with Crippen molar-refractivity contribution in [2.75, 3.05) is 25.9 Å². The second kappa shape index (κ2) is 21.5. The number of rotatable bonds is 19. The molecule has 0 unspecified atom stereocenters. The first-order chi connectivity index (χ1) is 22.6. The molecule has 0 bridgehead atoms. The summed E-state index contributed by atoms with van der Waals surface area (Å²) in [4.78, 5) is 41.5. The quantitative estimate of drug-likeness (QED) is 0.167. The van der Waals surface area contributed by atoms with Gasteiger partial charge in [0.15, 0.2) is 18.0 Å². The number of likely N-dealkylation sites (N-methyl/N-ethyl adjacent to an activating group) is 1. The lowest BCUT2D eigenvalue weighted by Gasteiger charge is -2.24. The molecule has 1 aliphatic heterocycles. The van der Waals surface area contributed by atoms with Gasteiger partial charge >= 0.3 is 11.8 Å². The molecular formula is C35H50FN5O6. The molecule has 258 valence electrons. The zero-order valence-corrected chi connectivity index (χ0v) is 27.7. The molecule has 2 amide bonds. The minimum Gasteiger partial charge on any atom is -0.416 e. The van der Waals surface area contributed by atoms with E-state index < -0.39 is 36.1 Å². The fourth-order valence-corrected chi connectivity index (χ4v) is 4.37. The number of aromatic nitrogens is 2. The van der Waals surface area contributed by atoms with Crippen molar-refractivity contribution in [2.45, 2.75) is 89.5 Å². The third kappa shape index (κ3) is 14.3. The van der Waals surface area contributed by atoms with Crippen LogP contribution in [-0.4, -0.2) is 69.8 Å². The Morgan fingerprint density at radius 1 is 1.04 bits per heavy atom. The highest BCUT2D eigenvalue weighted by Crippen LogP contribution is 2.41. The van der Waals surface area contributed by atoms with Gasteiger partial charge in [0.05, 0.1) is 0 Å². The molecule has 2 rings (SSSR count). The molecule has 1 aromatic heterocycles. The van der Waals surface area contributed by atoms with E-state index in [4.69, 9.17) is 15.2 Å². The number of nitrogens with one attached hydrogen (secondary N) is 1. The molecule has 4 atom stereocenters. The molecule has 12 heteroatoms. The number of nitrogens with two attached hydrogens (primary N) is 1. The van der Waals surface area contributed by atoms with Gasteiger partial charge in [-0.25, -0.2) is 14.0 Å². The summed E-state index contributed by atoms with van der Waals surface area (Å²) in [5, 5.41) is 13.1. The number of ether oxygens (including phenoxy) is 2. The standard InChI is InChI=1S/C35H50FN5O6/c1-4-5-6-7-8-9-10-11-12-13-14-15-16-17-18-19-20-21-22-23-29(42)38-25-27-40(3)34(45)47-31-30(43)35(2,36)32(46-31)41-26-24-28(37)39-33(41)44/h5-6,8-9,11-12,14-15,17-18,20-21,24,26,30-32,43H,4,7,10,13,16,19,22-23,25,27H2,1-3H3,(H,38,42)(H2,37,39,44)/b6-5-,9-8-,12-11-,15-14-,18-17-,21-20-/t30-,31-,32-,35-/m1/s1. The molecule has 0 aliphatic carbocycles. The number of halogens is 1. The molecule has 11 nitrogen and oxygen atoms in total. The van der Waals surface area contributed by atoms with Crippen LogP contribution in [0.5, 0.6) is 0 Å². The average Bonchev–Trinajstić information content (AvgIpc) is 3.25. The van der Waals surface area contributed by atoms with Crippen LogP contribution in [0.25, 0.3) is 0 Å². The number of alkyl halides is 1. The maximum absolute atomic E-state index is 15.3. The Morgan fingerprint density at radius 2 is 1.57 bits per heavy atom. The second-order valence-electron chi connectivity index (χ2n) is 11.1. The van der Waals surface area contributed by atoms with E-state index >= 15 is 4.39 Å². The maximum atomic E-state index is 15.3. The third-order valence-electron chi connectivity index (χ3n) is 7.12. The van der Waals surface area contributed by atoms with E-state index in [0.717, 1.165) is 54.9 Å². The van der Waals surface area contributed by atoms with Crippen molar-refractivity contribution >= 4 is 17.8 Å². The molecule has 0 saturated carbocycles. The van der Waals surface area contributed by atoms with Gasteiger partial charge in [0.25, 0.3) is 0 Å². The van der Waals surface area contributed by atoms with Crippen molar-refractivity contribution in [3.05, 3.63) is 95.7 Å². The van der Waals surface area contributed by atoms with E-state index in [1.54, 1.807) is 0 Å². The van der Waals surface area contributed by atoms with Crippen molar-refractivity contribution in [3.8, 4) is 0 Å². The Morgan fingerprint density at radius 3 is 2.11 bits per heavy atom. The lowest BCUT2D eigenvalue weighted by atomic mass is 10.0. The van der Waals surface area contributed by atoms with Crippen molar-refractivity contribution in [1.29, 1.82) is 0 Å². The number of hydrogen-bond donors (Lipinski definition) is 3. The van der Waals surface area contributed by atoms with Gasteiger partial charge in [-0.2, -0.15) is 4.98 Å². The Bertz CT molecular complexity index is 1350. The number of aliphatic hydroxyl groups is 1. The topological polar surface area (TPSA) is 149 Å². The predicted molar refractivity (Wildman–Crippen MR) is 182 cm³/mol. The SMILES string of the molecule is CC/C=C\C/C=C\C/C=C\C/C=C\C/C=C\C/C=C\CCC(=O)NCCN(C)C(=O)O[C@H]1O[C@@H](n2ccc(N)nc2=O)[C@](C)(F)[C@@H]1O. The Hall–Kier alpha value is -4.29. The summed E-state index contributed by atoms with van der Waals surface area (Å²) in [6, 6.07) is 1.28. The van der Waals surface area contributed by atoms with E-state index in [-0.39, 0.29) is 24.8 Å².